The molecule has 9 heteroatoms. The summed E-state index contributed by atoms with van der Waals surface area (Å²) in [4.78, 5) is 13.0. The highest BCUT2D eigenvalue weighted by atomic mass is 19.4. The van der Waals surface area contributed by atoms with Crippen LogP contribution in [0.25, 0.3) is 0 Å². The van der Waals surface area contributed by atoms with Gasteiger partial charge in [0.15, 0.2) is 0 Å². The van der Waals surface area contributed by atoms with E-state index in [1.165, 1.54) is 4.90 Å². The van der Waals surface area contributed by atoms with Crippen LogP contribution < -0.4 is 5.32 Å². The van der Waals surface area contributed by atoms with Crippen molar-refractivity contribution in [2.24, 2.45) is 0 Å². The number of halogens is 3. The summed E-state index contributed by atoms with van der Waals surface area (Å²) in [6, 6.07) is 0.266. The number of ether oxygens (including phenoxy) is 2. The summed E-state index contributed by atoms with van der Waals surface area (Å²) in [5, 5.41) is 11.8. The van der Waals surface area contributed by atoms with Crippen LogP contribution >= 0.6 is 0 Å². The monoisotopic (exact) mass is 326 g/mol. The van der Waals surface area contributed by atoms with Crippen LogP contribution in [0.4, 0.5) is 18.0 Å². The molecule has 0 aromatic carbocycles. The second-order valence-corrected chi connectivity index (χ2v) is 5.77. The van der Waals surface area contributed by atoms with Gasteiger partial charge in [-0.25, -0.2) is 4.79 Å². The van der Waals surface area contributed by atoms with Gasteiger partial charge in [0.25, 0.3) is 0 Å². The molecule has 128 valence electrons. The lowest BCUT2D eigenvalue weighted by atomic mass is 9.87. The molecule has 2 saturated heterocycles. The van der Waals surface area contributed by atoms with Crippen LogP contribution in [0.5, 0.6) is 0 Å². The number of likely N-dealkylation sites (tertiary alicyclic amines) is 1. The second-order valence-electron chi connectivity index (χ2n) is 5.77. The topological polar surface area (TPSA) is 71.0 Å². The van der Waals surface area contributed by atoms with Crippen molar-refractivity contribution in [3.63, 3.8) is 0 Å². The highest BCUT2D eigenvalue weighted by molar-refractivity contribution is 5.68. The number of piperidine rings is 1. The van der Waals surface area contributed by atoms with E-state index >= 15 is 0 Å². The van der Waals surface area contributed by atoms with Gasteiger partial charge in [0.05, 0.1) is 18.8 Å². The van der Waals surface area contributed by atoms with Crippen LogP contribution in [0.2, 0.25) is 0 Å². The fraction of sp³-hybridized carbons (Fsp3) is 0.923. The predicted octanol–water partition coefficient (Wildman–Crippen LogP) is 0.889. The summed E-state index contributed by atoms with van der Waals surface area (Å²) < 4.78 is 47.6. The Hall–Kier alpha value is -1.06. The minimum absolute atomic E-state index is 0.266. The lowest BCUT2D eigenvalue weighted by Gasteiger charge is -2.38. The Kier molecular flexibility index (Phi) is 5.18. The van der Waals surface area contributed by atoms with Crippen molar-refractivity contribution in [1.82, 2.24) is 10.2 Å². The van der Waals surface area contributed by atoms with E-state index in [-0.39, 0.29) is 24.7 Å². The molecule has 2 aliphatic heterocycles. The number of amides is 1. The summed E-state index contributed by atoms with van der Waals surface area (Å²) in [6.45, 7) is -0.113. The van der Waals surface area contributed by atoms with Crippen LogP contribution in [0.3, 0.4) is 0 Å². The largest absolute Gasteiger partial charge is 0.434 e. The normalized spacial score (nSPS) is 26.2. The maximum Gasteiger partial charge on any atom is 0.427 e. The number of aliphatic hydroxyl groups is 1. The van der Waals surface area contributed by atoms with Gasteiger partial charge >= 0.3 is 12.3 Å². The second kappa shape index (κ2) is 6.59. The average Bonchev–Trinajstić information content (AvgIpc) is 2.87. The first kappa shape index (κ1) is 17.3. The number of hydrogen-bond acceptors (Lipinski definition) is 5. The molecule has 2 aliphatic rings. The molecule has 0 radical (unpaired) electrons. The van der Waals surface area contributed by atoms with E-state index in [0.29, 0.717) is 19.4 Å². The number of rotatable bonds is 3. The molecular weight excluding hydrogens is 305 g/mol. The maximum atomic E-state index is 12.5. The van der Waals surface area contributed by atoms with E-state index in [0.717, 1.165) is 6.42 Å². The fourth-order valence-electron chi connectivity index (χ4n) is 2.88. The van der Waals surface area contributed by atoms with Gasteiger partial charge < -0.3 is 24.8 Å². The van der Waals surface area contributed by atoms with Gasteiger partial charge in [-0.05, 0) is 26.3 Å². The third kappa shape index (κ3) is 3.82. The Bertz CT molecular complexity index is 397. The van der Waals surface area contributed by atoms with Crippen molar-refractivity contribution in [2.45, 2.75) is 43.2 Å². The van der Waals surface area contributed by atoms with E-state index < -0.39 is 25.0 Å². The third-order valence-electron chi connectivity index (χ3n) is 4.32. The van der Waals surface area contributed by atoms with Crippen molar-refractivity contribution >= 4 is 6.09 Å². The molecule has 0 bridgehead atoms. The van der Waals surface area contributed by atoms with Gasteiger partial charge in [-0.3, -0.25) is 0 Å². The molecule has 0 aliphatic carbocycles. The lowest BCUT2D eigenvalue weighted by Crippen LogP contribution is -2.49. The molecule has 2 fully saturated rings. The quantitative estimate of drug-likeness (QED) is 0.806. The molecule has 2 rings (SSSR count). The van der Waals surface area contributed by atoms with Crippen molar-refractivity contribution < 1.29 is 32.5 Å². The molecule has 6 nitrogen and oxygen atoms in total. The van der Waals surface area contributed by atoms with Gasteiger partial charge in [0, 0.05) is 19.1 Å². The van der Waals surface area contributed by atoms with Gasteiger partial charge in [0.1, 0.15) is 0 Å². The number of carbonyl (C=O) groups excluding carboxylic acids is 1. The number of aliphatic hydroxyl groups excluding tert-OH is 1. The first-order valence-corrected chi connectivity index (χ1v) is 7.24. The highest BCUT2D eigenvalue weighted by Gasteiger charge is 2.46. The fourth-order valence-corrected chi connectivity index (χ4v) is 2.88. The van der Waals surface area contributed by atoms with Crippen LogP contribution in [0.15, 0.2) is 0 Å². The van der Waals surface area contributed by atoms with Crippen LogP contribution in [0, 0.1) is 0 Å². The molecule has 2 unspecified atom stereocenters. The minimum Gasteiger partial charge on any atom is -0.434 e. The molecule has 2 atom stereocenters. The molecule has 0 aromatic rings. The Balaban J connectivity index is 1.85. The molecule has 1 amide bonds. The van der Waals surface area contributed by atoms with Crippen molar-refractivity contribution in [3.8, 4) is 0 Å². The van der Waals surface area contributed by atoms with E-state index in [9.17, 15) is 18.0 Å². The van der Waals surface area contributed by atoms with E-state index in [1.54, 1.807) is 0 Å². The summed E-state index contributed by atoms with van der Waals surface area (Å²) in [6.07, 6.45) is -6.34. The van der Waals surface area contributed by atoms with Crippen molar-refractivity contribution in [2.75, 3.05) is 33.4 Å². The minimum atomic E-state index is -4.77. The zero-order valence-electron chi connectivity index (χ0n) is 12.4. The molecule has 0 saturated carbocycles. The zero-order chi connectivity index (χ0) is 16.4. The first-order valence-electron chi connectivity index (χ1n) is 7.24. The number of likely N-dealkylation sites (N-methyl/N-ethyl adjacent to an activating group) is 1. The van der Waals surface area contributed by atoms with Crippen molar-refractivity contribution in [3.05, 3.63) is 0 Å². The maximum absolute atomic E-state index is 12.5. The molecule has 1 spiro atoms. The van der Waals surface area contributed by atoms with Crippen LogP contribution in [-0.4, -0.2) is 73.4 Å². The third-order valence-corrected chi connectivity index (χ3v) is 4.32. The summed E-state index contributed by atoms with van der Waals surface area (Å²) in [5.41, 5.74) is -0.301. The van der Waals surface area contributed by atoms with Gasteiger partial charge in [-0.1, -0.05) is 0 Å². The summed E-state index contributed by atoms with van der Waals surface area (Å²) in [5.74, 6) is 0. The molecule has 2 heterocycles. The van der Waals surface area contributed by atoms with Crippen LogP contribution in [-0.2, 0) is 9.47 Å². The first-order chi connectivity index (χ1) is 10.3. The van der Waals surface area contributed by atoms with Crippen molar-refractivity contribution in [1.29, 1.82) is 0 Å². The predicted molar refractivity (Wildman–Crippen MR) is 70.4 cm³/mol. The van der Waals surface area contributed by atoms with Gasteiger partial charge in [-0.2, -0.15) is 13.2 Å². The SMILES string of the molecule is CNC1COC2(CCN(C(=O)OC(CO)C(F)(F)F)CC2)C1. The zero-order valence-corrected chi connectivity index (χ0v) is 12.4. The molecule has 22 heavy (non-hydrogen) atoms. The number of carbonyl (C=O) groups is 1. The molecule has 0 aromatic heterocycles. The van der Waals surface area contributed by atoms with Gasteiger partial charge in [-0.15, -0.1) is 0 Å². The Morgan fingerprint density at radius 2 is 2.14 bits per heavy atom. The summed E-state index contributed by atoms with van der Waals surface area (Å²) >= 11 is 0. The number of nitrogens with one attached hydrogen (secondary N) is 1. The molecule has 2 N–H and O–H groups in total. The number of hydrogen-bond donors (Lipinski definition) is 2. The Labute approximate surface area is 126 Å². The number of nitrogens with zero attached hydrogens (tertiary/aromatic N) is 1. The Morgan fingerprint density at radius 3 is 2.59 bits per heavy atom. The lowest BCUT2D eigenvalue weighted by molar-refractivity contribution is -0.215. The highest BCUT2D eigenvalue weighted by Crippen LogP contribution is 2.36. The Morgan fingerprint density at radius 1 is 1.50 bits per heavy atom. The van der Waals surface area contributed by atoms with E-state index in [2.05, 4.69) is 10.1 Å². The van der Waals surface area contributed by atoms with E-state index in [4.69, 9.17) is 9.84 Å². The smallest absolute Gasteiger partial charge is 0.427 e. The van der Waals surface area contributed by atoms with Gasteiger partial charge in [0.2, 0.25) is 6.10 Å². The summed E-state index contributed by atoms with van der Waals surface area (Å²) in [7, 11) is 1.85. The standard InChI is InChI=1S/C13H21F3N2O4/c1-17-9-6-12(21-8-9)2-4-18(5-3-12)11(20)22-10(7-19)13(14,15)16/h9-10,17,19H,2-8H2,1H3. The van der Waals surface area contributed by atoms with Crippen LogP contribution in [0.1, 0.15) is 19.3 Å². The number of alkyl halides is 3. The average molecular weight is 326 g/mol. The van der Waals surface area contributed by atoms with E-state index in [1.807, 2.05) is 7.05 Å². The molecular formula is C13H21F3N2O4.